The summed E-state index contributed by atoms with van der Waals surface area (Å²) in [4.78, 5) is -0.0327. The van der Waals surface area contributed by atoms with Gasteiger partial charge in [-0.05, 0) is 0 Å². The molecule has 9 heteroatoms. The largest absolute Gasteiger partial charge is 0.383 e. The quantitative estimate of drug-likeness (QED) is 0.649. The molecule has 0 aliphatic heterocycles. The number of hydrogen-bond acceptors (Lipinski definition) is 6. The SMILES string of the molecule is COCCN(CCOC)S(=O)(=O)c1cn[nH]c1N. The van der Waals surface area contributed by atoms with Gasteiger partial charge >= 0.3 is 0 Å². The van der Waals surface area contributed by atoms with Gasteiger partial charge in [-0.1, -0.05) is 0 Å². The summed E-state index contributed by atoms with van der Waals surface area (Å²) in [6, 6.07) is 0. The number of sulfonamides is 1. The third-order valence-electron chi connectivity index (χ3n) is 2.34. The van der Waals surface area contributed by atoms with Crippen molar-refractivity contribution in [1.82, 2.24) is 14.5 Å². The highest BCUT2D eigenvalue weighted by molar-refractivity contribution is 7.89. The monoisotopic (exact) mass is 278 g/mol. The number of rotatable bonds is 8. The van der Waals surface area contributed by atoms with Crippen LogP contribution in [0.3, 0.4) is 0 Å². The van der Waals surface area contributed by atoms with Crippen molar-refractivity contribution in [3.63, 3.8) is 0 Å². The van der Waals surface area contributed by atoms with Crippen molar-refractivity contribution in [3.8, 4) is 0 Å². The highest BCUT2D eigenvalue weighted by atomic mass is 32.2. The number of H-pyrrole nitrogens is 1. The topological polar surface area (TPSA) is 111 Å². The Hall–Kier alpha value is -1.16. The molecule has 0 unspecified atom stereocenters. The summed E-state index contributed by atoms with van der Waals surface area (Å²) in [5.74, 6) is 0.0230. The van der Waals surface area contributed by atoms with E-state index in [0.29, 0.717) is 13.2 Å². The van der Waals surface area contributed by atoms with Crippen molar-refractivity contribution >= 4 is 15.8 Å². The van der Waals surface area contributed by atoms with Gasteiger partial charge in [-0.2, -0.15) is 9.40 Å². The molecule has 1 heterocycles. The summed E-state index contributed by atoms with van der Waals surface area (Å²) in [6.45, 7) is 1.04. The predicted molar refractivity (Wildman–Crippen MR) is 65.5 cm³/mol. The first-order valence-corrected chi connectivity index (χ1v) is 6.75. The van der Waals surface area contributed by atoms with E-state index in [0.717, 1.165) is 0 Å². The maximum absolute atomic E-state index is 12.3. The van der Waals surface area contributed by atoms with Gasteiger partial charge in [0.05, 0.1) is 19.4 Å². The first-order chi connectivity index (χ1) is 8.54. The molecule has 0 atom stereocenters. The van der Waals surface area contributed by atoms with Gasteiger partial charge in [0.15, 0.2) is 0 Å². The summed E-state index contributed by atoms with van der Waals surface area (Å²) in [5.41, 5.74) is 5.54. The van der Waals surface area contributed by atoms with E-state index in [4.69, 9.17) is 15.2 Å². The minimum absolute atomic E-state index is 0.0230. The van der Waals surface area contributed by atoms with Crippen LogP contribution in [0.4, 0.5) is 5.82 Å². The number of aromatic nitrogens is 2. The van der Waals surface area contributed by atoms with Crippen molar-refractivity contribution in [1.29, 1.82) is 0 Å². The lowest BCUT2D eigenvalue weighted by molar-refractivity contribution is 0.150. The Kier molecular flexibility index (Phi) is 5.54. The minimum atomic E-state index is -3.68. The third kappa shape index (κ3) is 3.42. The van der Waals surface area contributed by atoms with Crippen LogP contribution in [0.1, 0.15) is 0 Å². The van der Waals surface area contributed by atoms with E-state index in [1.807, 2.05) is 0 Å². The van der Waals surface area contributed by atoms with Gasteiger partial charge in [0.1, 0.15) is 10.7 Å². The zero-order chi connectivity index (χ0) is 13.6. The fraction of sp³-hybridized carbons (Fsp3) is 0.667. The van der Waals surface area contributed by atoms with Gasteiger partial charge in [0, 0.05) is 27.3 Å². The summed E-state index contributed by atoms with van der Waals surface area (Å²) in [5, 5.41) is 6.01. The van der Waals surface area contributed by atoms with Crippen molar-refractivity contribution in [2.75, 3.05) is 46.3 Å². The number of hydrogen-bond donors (Lipinski definition) is 2. The van der Waals surface area contributed by atoms with E-state index in [9.17, 15) is 8.42 Å². The second-order valence-corrected chi connectivity index (χ2v) is 5.44. The number of aromatic amines is 1. The normalized spacial score (nSPS) is 12.2. The van der Waals surface area contributed by atoms with Crippen LogP contribution in [-0.4, -0.2) is 63.4 Å². The summed E-state index contributed by atoms with van der Waals surface area (Å²) < 4.78 is 35.6. The number of nitrogens with one attached hydrogen (secondary N) is 1. The molecule has 0 saturated carbocycles. The Bertz CT molecular complexity index is 451. The molecule has 0 aromatic carbocycles. The van der Waals surface area contributed by atoms with Gasteiger partial charge in [-0.25, -0.2) is 8.42 Å². The van der Waals surface area contributed by atoms with Gasteiger partial charge in [-0.15, -0.1) is 0 Å². The van der Waals surface area contributed by atoms with Crippen LogP contribution >= 0.6 is 0 Å². The number of nitrogen functional groups attached to an aromatic ring is 1. The molecule has 0 radical (unpaired) electrons. The molecule has 1 aromatic rings. The number of nitrogens with two attached hydrogens (primary N) is 1. The maximum atomic E-state index is 12.3. The highest BCUT2D eigenvalue weighted by Gasteiger charge is 2.27. The highest BCUT2D eigenvalue weighted by Crippen LogP contribution is 2.19. The Morgan fingerprint density at radius 3 is 2.28 bits per heavy atom. The first-order valence-electron chi connectivity index (χ1n) is 5.31. The van der Waals surface area contributed by atoms with E-state index < -0.39 is 10.0 Å². The van der Waals surface area contributed by atoms with Crippen LogP contribution in [0.25, 0.3) is 0 Å². The Morgan fingerprint density at radius 2 is 1.89 bits per heavy atom. The maximum Gasteiger partial charge on any atom is 0.248 e. The predicted octanol–water partition coefficient (Wildman–Crippen LogP) is -0.725. The number of anilines is 1. The molecule has 3 N–H and O–H groups in total. The second kappa shape index (κ2) is 6.69. The molecule has 8 nitrogen and oxygen atoms in total. The van der Waals surface area contributed by atoms with Gasteiger partial charge in [-0.3, -0.25) is 5.10 Å². The van der Waals surface area contributed by atoms with Crippen LogP contribution in [0.5, 0.6) is 0 Å². The molecular formula is C9H18N4O4S. The molecular weight excluding hydrogens is 260 g/mol. The van der Waals surface area contributed by atoms with Crippen molar-refractivity contribution in [2.45, 2.75) is 4.90 Å². The lowest BCUT2D eigenvalue weighted by Crippen LogP contribution is -2.36. The van der Waals surface area contributed by atoms with Crippen LogP contribution in [-0.2, 0) is 19.5 Å². The molecule has 0 saturated heterocycles. The van der Waals surface area contributed by atoms with Crippen LogP contribution < -0.4 is 5.73 Å². The van der Waals surface area contributed by atoms with Crippen molar-refractivity contribution in [3.05, 3.63) is 6.20 Å². The fourth-order valence-electron chi connectivity index (χ4n) is 1.37. The van der Waals surface area contributed by atoms with Gasteiger partial charge < -0.3 is 15.2 Å². The minimum Gasteiger partial charge on any atom is -0.383 e. The second-order valence-electron chi connectivity index (χ2n) is 3.54. The molecule has 104 valence electrons. The lowest BCUT2D eigenvalue weighted by Gasteiger charge is -2.20. The number of ether oxygens (including phenoxy) is 2. The average molecular weight is 278 g/mol. The smallest absolute Gasteiger partial charge is 0.248 e. The molecule has 0 aliphatic carbocycles. The fourth-order valence-corrected chi connectivity index (χ4v) is 2.79. The van der Waals surface area contributed by atoms with E-state index in [2.05, 4.69) is 10.2 Å². The van der Waals surface area contributed by atoms with E-state index >= 15 is 0 Å². The molecule has 18 heavy (non-hydrogen) atoms. The van der Waals surface area contributed by atoms with E-state index in [1.165, 1.54) is 24.7 Å². The van der Waals surface area contributed by atoms with Gasteiger partial charge in [0.2, 0.25) is 10.0 Å². The molecule has 0 spiro atoms. The molecule has 0 fully saturated rings. The van der Waals surface area contributed by atoms with Crippen LogP contribution in [0.2, 0.25) is 0 Å². The lowest BCUT2D eigenvalue weighted by atomic mass is 10.6. The first kappa shape index (κ1) is 14.9. The molecule has 1 rings (SSSR count). The Labute approximate surface area is 106 Å². The Balaban J connectivity index is 2.92. The number of nitrogens with zero attached hydrogens (tertiary/aromatic N) is 2. The molecule has 0 bridgehead atoms. The standard InChI is InChI=1S/C9H18N4O4S/c1-16-5-3-13(4-6-17-2)18(14,15)8-7-11-12-9(8)10/h7H,3-6H2,1-2H3,(H3,10,11,12). The average Bonchev–Trinajstić information content (AvgIpc) is 2.76. The number of methoxy groups -OCH3 is 2. The molecule has 0 aliphatic rings. The van der Waals surface area contributed by atoms with Gasteiger partial charge in [0.25, 0.3) is 0 Å². The molecule has 1 aromatic heterocycles. The van der Waals surface area contributed by atoms with Crippen molar-refractivity contribution in [2.24, 2.45) is 0 Å². The van der Waals surface area contributed by atoms with E-state index in [-0.39, 0.29) is 23.8 Å². The summed E-state index contributed by atoms with van der Waals surface area (Å²) >= 11 is 0. The summed E-state index contributed by atoms with van der Waals surface area (Å²) in [7, 11) is -0.664. The van der Waals surface area contributed by atoms with Crippen LogP contribution in [0, 0.1) is 0 Å². The van der Waals surface area contributed by atoms with Crippen LogP contribution in [0.15, 0.2) is 11.1 Å². The van der Waals surface area contributed by atoms with Crippen molar-refractivity contribution < 1.29 is 17.9 Å². The zero-order valence-corrected chi connectivity index (χ0v) is 11.2. The molecule has 0 amide bonds. The third-order valence-corrected chi connectivity index (χ3v) is 4.27. The summed E-state index contributed by atoms with van der Waals surface area (Å²) in [6.07, 6.45) is 1.19. The zero-order valence-electron chi connectivity index (χ0n) is 10.4. The Morgan fingerprint density at radius 1 is 1.33 bits per heavy atom. The van der Waals surface area contributed by atoms with E-state index in [1.54, 1.807) is 0 Å².